The maximum Gasteiger partial charge on any atom is 0.0681 e. The van der Waals surface area contributed by atoms with Crippen LogP contribution in [0.15, 0.2) is 18.2 Å². The van der Waals surface area contributed by atoms with Crippen molar-refractivity contribution in [2.24, 2.45) is 0 Å². The largest absolute Gasteiger partial charge is 0.392 e. The summed E-state index contributed by atoms with van der Waals surface area (Å²) < 4.78 is 0. The Morgan fingerprint density at radius 2 is 2.14 bits per heavy atom. The number of hydrogen-bond acceptors (Lipinski definition) is 2. The summed E-state index contributed by atoms with van der Waals surface area (Å²) in [7, 11) is 2.14. The van der Waals surface area contributed by atoms with Crippen LogP contribution < -0.4 is 0 Å². The Labute approximate surface area is 85.2 Å². The summed E-state index contributed by atoms with van der Waals surface area (Å²) in [5.74, 6) is 0. The van der Waals surface area contributed by atoms with Crippen molar-refractivity contribution in [2.75, 3.05) is 7.05 Å². The maximum absolute atomic E-state index is 9.09. The number of aliphatic hydroxyl groups is 1. The Balaban J connectivity index is 2.51. The summed E-state index contributed by atoms with van der Waals surface area (Å²) in [5, 5.41) is 9.09. The Morgan fingerprint density at radius 1 is 1.43 bits per heavy atom. The summed E-state index contributed by atoms with van der Waals surface area (Å²) >= 11 is 0. The highest BCUT2D eigenvalue weighted by atomic mass is 16.3. The van der Waals surface area contributed by atoms with Crippen LogP contribution in [-0.2, 0) is 18.7 Å². The number of hydrogen-bond donors (Lipinski definition) is 1. The average Bonchev–Trinajstić information content (AvgIpc) is 2.38. The second-order valence-electron chi connectivity index (χ2n) is 4.56. The first kappa shape index (κ1) is 9.69. The molecule has 0 saturated heterocycles. The number of rotatable bonds is 1. The Morgan fingerprint density at radius 3 is 2.79 bits per heavy atom. The van der Waals surface area contributed by atoms with Crippen molar-refractivity contribution < 1.29 is 5.11 Å². The SMILES string of the molecule is CN1Cc2ccc(CO)cc2C1(C)C. The lowest BCUT2D eigenvalue weighted by atomic mass is 9.92. The van der Waals surface area contributed by atoms with Gasteiger partial charge in [-0.05, 0) is 37.6 Å². The van der Waals surface area contributed by atoms with Crippen molar-refractivity contribution in [3.05, 3.63) is 34.9 Å². The third kappa shape index (κ3) is 1.26. The van der Waals surface area contributed by atoms with Crippen LogP contribution in [0.5, 0.6) is 0 Å². The molecule has 0 saturated carbocycles. The van der Waals surface area contributed by atoms with E-state index in [-0.39, 0.29) is 12.1 Å². The van der Waals surface area contributed by atoms with Crippen molar-refractivity contribution in [3.63, 3.8) is 0 Å². The number of fused-ring (bicyclic) bond motifs is 1. The van der Waals surface area contributed by atoms with Gasteiger partial charge in [-0.2, -0.15) is 0 Å². The Kier molecular flexibility index (Phi) is 2.13. The summed E-state index contributed by atoms with van der Waals surface area (Å²) in [6, 6.07) is 6.26. The van der Waals surface area contributed by atoms with Crippen molar-refractivity contribution in [2.45, 2.75) is 32.5 Å². The van der Waals surface area contributed by atoms with E-state index >= 15 is 0 Å². The van der Waals surface area contributed by atoms with Gasteiger partial charge in [-0.3, -0.25) is 4.90 Å². The fourth-order valence-corrected chi connectivity index (χ4v) is 2.09. The predicted molar refractivity (Wildman–Crippen MR) is 56.9 cm³/mol. The van der Waals surface area contributed by atoms with Crippen LogP contribution in [0.4, 0.5) is 0 Å². The third-order valence-corrected chi connectivity index (χ3v) is 3.38. The van der Waals surface area contributed by atoms with Crippen LogP contribution in [0.1, 0.15) is 30.5 Å². The quantitative estimate of drug-likeness (QED) is 0.732. The number of benzene rings is 1. The van der Waals surface area contributed by atoms with Gasteiger partial charge in [-0.25, -0.2) is 0 Å². The zero-order valence-electron chi connectivity index (χ0n) is 9.04. The van der Waals surface area contributed by atoms with E-state index in [0.29, 0.717) is 0 Å². The minimum Gasteiger partial charge on any atom is -0.392 e. The van der Waals surface area contributed by atoms with E-state index in [1.165, 1.54) is 11.1 Å². The molecular weight excluding hydrogens is 174 g/mol. The zero-order valence-corrected chi connectivity index (χ0v) is 9.04. The van der Waals surface area contributed by atoms with Crippen LogP contribution in [0.3, 0.4) is 0 Å². The van der Waals surface area contributed by atoms with Crippen LogP contribution in [0, 0.1) is 0 Å². The molecule has 0 unspecified atom stereocenters. The fraction of sp³-hybridized carbons (Fsp3) is 0.500. The smallest absolute Gasteiger partial charge is 0.0681 e. The van der Waals surface area contributed by atoms with Gasteiger partial charge in [0.1, 0.15) is 0 Å². The van der Waals surface area contributed by atoms with Gasteiger partial charge in [0, 0.05) is 12.1 Å². The molecule has 1 N–H and O–H groups in total. The van der Waals surface area contributed by atoms with Crippen molar-refractivity contribution in [1.82, 2.24) is 4.90 Å². The molecule has 1 aliphatic rings. The topological polar surface area (TPSA) is 23.5 Å². The van der Waals surface area contributed by atoms with E-state index in [1.807, 2.05) is 6.07 Å². The molecular formula is C12H17NO. The molecule has 0 spiro atoms. The first-order chi connectivity index (χ1) is 6.55. The van der Waals surface area contributed by atoms with Crippen LogP contribution >= 0.6 is 0 Å². The minimum absolute atomic E-state index is 0.0977. The lowest BCUT2D eigenvalue weighted by Crippen LogP contribution is -2.31. The summed E-state index contributed by atoms with van der Waals surface area (Å²) in [6.45, 7) is 5.58. The van der Waals surface area contributed by atoms with Crippen molar-refractivity contribution in [1.29, 1.82) is 0 Å². The minimum atomic E-state index is 0.0977. The number of nitrogens with zero attached hydrogens (tertiary/aromatic N) is 1. The van der Waals surface area contributed by atoms with Crippen molar-refractivity contribution in [3.8, 4) is 0 Å². The van der Waals surface area contributed by atoms with E-state index in [2.05, 4.69) is 37.9 Å². The highest BCUT2D eigenvalue weighted by molar-refractivity contribution is 5.39. The molecule has 1 aliphatic heterocycles. The molecule has 76 valence electrons. The zero-order chi connectivity index (χ0) is 10.3. The van der Waals surface area contributed by atoms with Gasteiger partial charge >= 0.3 is 0 Å². The molecule has 2 nitrogen and oxygen atoms in total. The molecule has 1 aromatic rings. The molecule has 2 rings (SSSR count). The molecule has 0 atom stereocenters. The third-order valence-electron chi connectivity index (χ3n) is 3.38. The molecule has 1 heterocycles. The van der Waals surface area contributed by atoms with Gasteiger partial charge in [0.15, 0.2) is 0 Å². The second kappa shape index (κ2) is 3.07. The van der Waals surface area contributed by atoms with E-state index < -0.39 is 0 Å². The van der Waals surface area contributed by atoms with Crippen LogP contribution in [0.2, 0.25) is 0 Å². The van der Waals surface area contributed by atoms with Gasteiger partial charge in [0.05, 0.1) is 6.61 Å². The second-order valence-corrected chi connectivity index (χ2v) is 4.56. The van der Waals surface area contributed by atoms with Gasteiger partial charge in [-0.15, -0.1) is 0 Å². The molecule has 14 heavy (non-hydrogen) atoms. The van der Waals surface area contributed by atoms with Crippen LogP contribution in [0.25, 0.3) is 0 Å². The van der Waals surface area contributed by atoms with Gasteiger partial charge in [0.25, 0.3) is 0 Å². The average molecular weight is 191 g/mol. The van der Waals surface area contributed by atoms with Crippen molar-refractivity contribution >= 4 is 0 Å². The van der Waals surface area contributed by atoms with Gasteiger partial charge in [0.2, 0.25) is 0 Å². The normalized spacial score (nSPS) is 19.7. The highest BCUT2D eigenvalue weighted by Gasteiger charge is 2.34. The lowest BCUT2D eigenvalue weighted by Gasteiger charge is -2.28. The van der Waals surface area contributed by atoms with E-state index in [0.717, 1.165) is 12.1 Å². The molecule has 2 heteroatoms. The first-order valence-electron chi connectivity index (χ1n) is 5.00. The van der Waals surface area contributed by atoms with Gasteiger partial charge < -0.3 is 5.11 Å². The first-order valence-corrected chi connectivity index (χ1v) is 5.00. The van der Waals surface area contributed by atoms with E-state index in [4.69, 9.17) is 5.11 Å². The molecule has 0 aromatic heterocycles. The van der Waals surface area contributed by atoms with Crippen LogP contribution in [-0.4, -0.2) is 17.1 Å². The standard InChI is InChI=1S/C12H17NO/c1-12(2)11-6-9(8-14)4-5-10(11)7-13(12)3/h4-6,14H,7-8H2,1-3H3. The predicted octanol–water partition coefficient (Wildman–Crippen LogP) is 1.86. The Bertz CT molecular complexity index is 357. The molecule has 1 aromatic carbocycles. The fourth-order valence-electron chi connectivity index (χ4n) is 2.09. The lowest BCUT2D eigenvalue weighted by molar-refractivity contribution is 0.178. The monoisotopic (exact) mass is 191 g/mol. The molecule has 0 radical (unpaired) electrons. The summed E-state index contributed by atoms with van der Waals surface area (Å²) in [4.78, 5) is 2.33. The maximum atomic E-state index is 9.09. The Hall–Kier alpha value is -0.860. The van der Waals surface area contributed by atoms with E-state index in [1.54, 1.807) is 0 Å². The molecule has 0 bridgehead atoms. The van der Waals surface area contributed by atoms with E-state index in [9.17, 15) is 0 Å². The molecule has 0 fully saturated rings. The highest BCUT2D eigenvalue weighted by Crippen LogP contribution is 2.37. The summed E-state index contributed by atoms with van der Waals surface area (Å²) in [6.07, 6.45) is 0. The summed E-state index contributed by atoms with van der Waals surface area (Å²) in [5.41, 5.74) is 3.84. The molecule has 0 amide bonds. The molecule has 0 aliphatic carbocycles. The number of aliphatic hydroxyl groups excluding tert-OH is 1. The van der Waals surface area contributed by atoms with Gasteiger partial charge in [-0.1, -0.05) is 18.2 Å².